The van der Waals surface area contributed by atoms with Crippen LogP contribution in [0.25, 0.3) is 0 Å². The first-order valence-electron chi connectivity index (χ1n) is 9.53. The van der Waals surface area contributed by atoms with Crippen molar-refractivity contribution in [2.75, 3.05) is 0 Å². The Bertz CT molecular complexity index is 693. The number of rotatable bonds is 3. The number of hydrogen-bond donors (Lipinski definition) is 1. The molecule has 0 bridgehead atoms. The van der Waals surface area contributed by atoms with Crippen LogP contribution in [0.5, 0.6) is 0 Å². The van der Waals surface area contributed by atoms with E-state index in [0.29, 0.717) is 5.82 Å². The lowest BCUT2D eigenvalue weighted by Crippen LogP contribution is -2.53. The minimum absolute atomic E-state index is 0.413. The Morgan fingerprint density at radius 3 is 2.04 bits per heavy atom. The van der Waals surface area contributed by atoms with Gasteiger partial charge in [-0.1, -0.05) is 0 Å². The Balaban J connectivity index is 1.74. The molecule has 2 fully saturated rings. The van der Waals surface area contributed by atoms with Gasteiger partial charge in [0.1, 0.15) is 11.1 Å². The number of aromatic nitrogens is 2. The summed E-state index contributed by atoms with van der Waals surface area (Å²) in [7, 11) is -0.500. The fourth-order valence-electron chi connectivity index (χ4n) is 3.12. The summed E-state index contributed by atoms with van der Waals surface area (Å²) in [4.78, 5) is 21.3. The van der Waals surface area contributed by atoms with Crippen LogP contribution in [0.3, 0.4) is 0 Å². The van der Waals surface area contributed by atoms with Crippen LogP contribution < -0.4 is 10.8 Å². The van der Waals surface area contributed by atoms with Crippen LogP contribution in [-0.4, -0.2) is 40.0 Å². The van der Waals surface area contributed by atoms with E-state index in [2.05, 4.69) is 15.3 Å². The first-order chi connectivity index (χ1) is 12.3. The second kappa shape index (κ2) is 6.45. The SMILES string of the molecule is CC(C)(C)OC(=O)NC1(c2ncc(B3OC(C)(C)C(C)(C)O3)cn2)CCC1. The van der Waals surface area contributed by atoms with Crippen molar-refractivity contribution in [1.82, 2.24) is 15.3 Å². The van der Waals surface area contributed by atoms with Gasteiger partial charge in [0.15, 0.2) is 5.82 Å². The fraction of sp³-hybridized carbons (Fsp3) is 0.737. The van der Waals surface area contributed by atoms with Crippen molar-refractivity contribution in [2.45, 2.75) is 90.1 Å². The molecule has 0 radical (unpaired) electrons. The summed E-state index contributed by atoms with van der Waals surface area (Å²) in [5.74, 6) is 0.597. The number of nitrogens with one attached hydrogen (secondary N) is 1. The van der Waals surface area contributed by atoms with Gasteiger partial charge >= 0.3 is 13.2 Å². The highest BCUT2D eigenvalue weighted by molar-refractivity contribution is 6.61. The summed E-state index contributed by atoms with van der Waals surface area (Å²) in [6.07, 6.45) is 5.60. The van der Waals surface area contributed by atoms with Crippen molar-refractivity contribution in [3.8, 4) is 0 Å². The Morgan fingerprint density at radius 1 is 1.11 bits per heavy atom. The normalized spacial score (nSPS) is 22.9. The standard InChI is InChI=1S/C19H30BN3O4/c1-16(2,3)25-15(24)23-19(9-8-10-19)14-21-11-13(12-22-14)20-26-17(4,5)18(6,7)27-20/h11-12H,8-10H2,1-7H3,(H,23,24). The fourth-order valence-corrected chi connectivity index (χ4v) is 3.12. The number of carbonyl (C=O) groups is 1. The van der Waals surface area contributed by atoms with Gasteiger partial charge in [0.25, 0.3) is 0 Å². The maximum atomic E-state index is 12.2. The van der Waals surface area contributed by atoms with Crippen LogP contribution in [0.4, 0.5) is 4.79 Å². The van der Waals surface area contributed by atoms with Crippen molar-refractivity contribution in [1.29, 1.82) is 0 Å². The van der Waals surface area contributed by atoms with E-state index in [4.69, 9.17) is 14.0 Å². The molecule has 148 valence electrons. The number of hydrogen-bond acceptors (Lipinski definition) is 6. The molecule has 1 N–H and O–H groups in total. The first-order valence-corrected chi connectivity index (χ1v) is 9.53. The molecule has 0 spiro atoms. The molecule has 1 aromatic heterocycles. The number of amides is 1. The highest BCUT2D eigenvalue weighted by Gasteiger charge is 2.52. The van der Waals surface area contributed by atoms with Gasteiger partial charge in [-0.2, -0.15) is 0 Å². The maximum absolute atomic E-state index is 12.2. The van der Waals surface area contributed by atoms with Crippen LogP contribution in [-0.2, 0) is 19.6 Å². The zero-order valence-electron chi connectivity index (χ0n) is 17.4. The van der Waals surface area contributed by atoms with Crippen LogP contribution in [0.1, 0.15) is 73.6 Å². The van der Waals surface area contributed by atoms with E-state index in [-0.39, 0.29) is 0 Å². The molecule has 1 aromatic rings. The van der Waals surface area contributed by atoms with Gasteiger partial charge in [-0.15, -0.1) is 0 Å². The van der Waals surface area contributed by atoms with Gasteiger partial charge in [0.05, 0.1) is 11.2 Å². The second-order valence-corrected chi connectivity index (χ2v) is 9.49. The number of alkyl carbamates (subject to hydrolysis) is 1. The Hall–Kier alpha value is -1.67. The molecule has 1 amide bonds. The summed E-state index contributed by atoms with van der Waals surface area (Å²) < 4.78 is 17.5. The monoisotopic (exact) mass is 375 g/mol. The van der Waals surface area contributed by atoms with Gasteiger partial charge < -0.3 is 19.4 Å². The summed E-state index contributed by atoms with van der Waals surface area (Å²) in [5.41, 5.74) is -1.16. The van der Waals surface area contributed by atoms with E-state index in [1.54, 1.807) is 12.4 Å². The molecular formula is C19H30BN3O4. The maximum Gasteiger partial charge on any atom is 0.498 e. The van der Waals surface area contributed by atoms with Crippen molar-refractivity contribution in [3.63, 3.8) is 0 Å². The lowest BCUT2D eigenvalue weighted by atomic mass is 9.75. The zero-order chi connectivity index (χ0) is 20.1. The quantitative estimate of drug-likeness (QED) is 0.818. The van der Waals surface area contributed by atoms with Crippen LogP contribution in [0, 0.1) is 0 Å². The van der Waals surface area contributed by atoms with Gasteiger partial charge in [0, 0.05) is 17.9 Å². The lowest BCUT2D eigenvalue weighted by Gasteiger charge is -2.41. The predicted octanol–water partition coefficient (Wildman–Crippen LogP) is 2.68. The average Bonchev–Trinajstić information content (AvgIpc) is 2.70. The van der Waals surface area contributed by atoms with Gasteiger partial charge in [-0.05, 0) is 67.7 Å². The summed E-state index contributed by atoms with van der Waals surface area (Å²) in [5, 5.41) is 2.97. The molecule has 1 saturated heterocycles. The minimum Gasteiger partial charge on any atom is -0.444 e. The second-order valence-electron chi connectivity index (χ2n) is 9.49. The van der Waals surface area contributed by atoms with Crippen molar-refractivity contribution in [3.05, 3.63) is 18.2 Å². The molecule has 1 aliphatic carbocycles. The largest absolute Gasteiger partial charge is 0.498 e. The van der Waals surface area contributed by atoms with Crippen molar-refractivity contribution >= 4 is 18.7 Å². The van der Waals surface area contributed by atoms with E-state index in [9.17, 15) is 4.79 Å². The van der Waals surface area contributed by atoms with E-state index in [0.717, 1.165) is 24.7 Å². The number of ether oxygens (including phenoxy) is 1. The predicted molar refractivity (Wildman–Crippen MR) is 103 cm³/mol. The Labute approximate surface area is 161 Å². The zero-order valence-corrected chi connectivity index (χ0v) is 17.4. The van der Waals surface area contributed by atoms with E-state index >= 15 is 0 Å². The number of nitrogens with zero attached hydrogens (tertiary/aromatic N) is 2. The molecule has 2 aliphatic rings. The minimum atomic E-state index is -0.559. The van der Waals surface area contributed by atoms with Crippen LogP contribution >= 0.6 is 0 Å². The third-order valence-corrected chi connectivity index (χ3v) is 5.57. The molecule has 0 unspecified atom stereocenters. The molecule has 7 nitrogen and oxygen atoms in total. The summed E-state index contributed by atoms with van der Waals surface area (Å²) in [6.45, 7) is 13.6. The smallest absolute Gasteiger partial charge is 0.444 e. The van der Waals surface area contributed by atoms with Gasteiger partial charge in [-0.3, -0.25) is 0 Å². The summed E-state index contributed by atoms with van der Waals surface area (Å²) >= 11 is 0. The molecule has 1 aliphatic heterocycles. The third-order valence-electron chi connectivity index (χ3n) is 5.57. The first kappa shape index (κ1) is 20.1. The molecule has 3 rings (SSSR count). The van der Waals surface area contributed by atoms with Crippen molar-refractivity contribution < 1.29 is 18.8 Å². The van der Waals surface area contributed by atoms with Gasteiger partial charge in [0.2, 0.25) is 0 Å². The molecular weight excluding hydrogens is 345 g/mol. The highest BCUT2D eigenvalue weighted by Crippen LogP contribution is 2.40. The topological polar surface area (TPSA) is 82.6 Å². The lowest BCUT2D eigenvalue weighted by molar-refractivity contribution is 0.00578. The Kier molecular flexibility index (Phi) is 4.79. The van der Waals surface area contributed by atoms with E-state index in [1.807, 2.05) is 48.5 Å². The molecule has 8 heteroatoms. The molecule has 0 atom stereocenters. The molecule has 2 heterocycles. The summed E-state index contributed by atoms with van der Waals surface area (Å²) in [6, 6.07) is 0. The van der Waals surface area contributed by atoms with E-state index in [1.165, 1.54) is 0 Å². The third kappa shape index (κ3) is 3.96. The van der Waals surface area contributed by atoms with Crippen molar-refractivity contribution in [2.24, 2.45) is 0 Å². The average molecular weight is 375 g/mol. The molecule has 0 aromatic carbocycles. The van der Waals surface area contributed by atoms with Crippen LogP contribution in [0.15, 0.2) is 12.4 Å². The van der Waals surface area contributed by atoms with E-state index < -0.39 is 35.6 Å². The number of carbonyl (C=O) groups excluding carboxylic acids is 1. The Morgan fingerprint density at radius 2 is 1.63 bits per heavy atom. The molecule has 1 saturated carbocycles. The van der Waals surface area contributed by atoms with Crippen LogP contribution in [0.2, 0.25) is 0 Å². The highest BCUT2D eigenvalue weighted by atomic mass is 16.7. The van der Waals surface area contributed by atoms with Gasteiger partial charge in [-0.25, -0.2) is 14.8 Å². The molecule has 27 heavy (non-hydrogen) atoms.